The topological polar surface area (TPSA) is 75.5 Å². The van der Waals surface area contributed by atoms with Crippen molar-refractivity contribution in [2.45, 2.75) is 30.8 Å². The van der Waals surface area contributed by atoms with Gasteiger partial charge in [-0.1, -0.05) is 6.42 Å². The first-order chi connectivity index (χ1) is 10.5. The van der Waals surface area contributed by atoms with Crippen molar-refractivity contribution < 1.29 is 13.2 Å². The summed E-state index contributed by atoms with van der Waals surface area (Å²) in [6.45, 7) is 2.46. The molecule has 2 aliphatic heterocycles. The lowest BCUT2D eigenvalue weighted by atomic mass is 10.0. The number of likely N-dealkylation sites (tertiary alicyclic amines) is 1. The molecule has 3 aliphatic rings. The van der Waals surface area contributed by atoms with Crippen LogP contribution in [0.2, 0.25) is 0 Å². The number of carbonyl (C=O) groups is 1. The van der Waals surface area contributed by atoms with Crippen LogP contribution in [0, 0.1) is 11.8 Å². The highest BCUT2D eigenvalue weighted by atomic mass is 32.2. The molecule has 2 atom stereocenters. The molecule has 0 N–H and O–H groups in total. The van der Waals surface area contributed by atoms with E-state index in [0.717, 1.165) is 13.1 Å². The molecule has 120 valence electrons. The summed E-state index contributed by atoms with van der Waals surface area (Å²) in [5.74, 6) is 1.11. The van der Waals surface area contributed by atoms with Gasteiger partial charge < -0.3 is 4.90 Å². The average molecular weight is 324 g/mol. The van der Waals surface area contributed by atoms with Gasteiger partial charge in [0.1, 0.15) is 0 Å². The number of nitrogens with zero attached hydrogens (tertiary/aromatic N) is 4. The fraction of sp³-hybridized carbons (Fsp3) is 0.714. The van der Waals surface area contributed by atoms with Crippen LogP contribution >= 0.6 is 0 Å². The van der Waals surface area contributed by atoms with Crippen LogP contribution in [0.25, 0.3) is 0 Å². The van der Waals surface area contributed by atoms with Gasteiger partial charge in [0, 0.05) is 32.7 Å². The van der Waals surface area contributed by atoms with Crippen LogP contribution in [0.1, 0.15) is 29.8 Å². The molecule has 1 saturated carbocycles. The van der Waals surface area contributed by atoms with E-state index >= 15 is 0 Å². The first-order valence-corrected chi connectivity index (χ1v) is 9.24. The van der Waals surface area contributed by atoms with Gasteiger partial charge in [-0.05, 0) is 24.7 Å². The molecule has 2 fully saturated rings. The number of carbonyl (C=O) groups excluding carboxylic acids is 1. The average Bonchev–Trinajstić information content (AvgIpc) is 3.15. The van der Waals surface area contributed by atoms with Crippen LogP contribution < -0.4 is 0 Å². The number of likely N-dealkylation sites (N-methyl/N-ethyl adjacent to an activating group) is 1. The third-order valence-corrected chi connectivity index (χ3v) is 7.14. The van der Waals surface area contributed by atoms with Crippen molar-refractivity contribution in [1.29, 1.82) is 0 Å². The summed E-state index contributed by atoms with van der Waals surface area (Å²) in [5, 5.41) is 4.37. The van der Waals surface area contributed by atoms with Crippen molar-refractivity contribution >= 4 is 15.9 Å². The van der Waals surface area contributed by atoms with Gasteiger partial charge in [-0.25, -0.2) is 8.42 Å². The third kappa shape index (κ3) is 2.00. The molecule has 1 aromatic heterocycles. The quantitative estimate of drug-likeness (QED) is 0.749. The minimum Gasteiger partial charge on any atom is -0.337 e. The minimum absolute atomic E-state index is 0.129. The Morgan fingerprint density at radius 3 is 2.59 bits per heavy atom. The number of hydrogen-bond donors (Lipinski definition) is 0. The van der Waals surface area contributed by atoms with E-state index in [1.807, 2.05) is 4.90 Å². The van der Waals surface area contributed by atoms with Crippen molar-refractivity contribution in [3.63, 3.8) is 0 Å². The number of amides is 1. The smallest absolute Gasteiger partial charge is 0.274 e. The van der Waals surface area contributed by atoms with Crippen LogP contribution in [0.5, 0.6) is 0 Å². The summed E-state index contributed by atoms with van der Waals surface area (Å²) >= 11 is 0. The van der Waals surface area contributed by atoms with Gasteiger partial charge in [-0.15, -0.1) is 0 Å². The Bertz CT molecular complexity index is 714. The predicted molar refractivity (Wildman–Crippen MR) is 78.8 cm³/mol. The van der Waals surface area contributed by atoms with Crippen LogP contribution in [0.3, 0.4) is 0 Å². The van der Waals surface area contributed by atoms with Crippen molar-refractivity contribution in [3.05, 3.63) is 11.8 Å². The molecule has 4 rings (SSSR count). The fourth-order valence-corrected chi connectivity index (χ4v) is 5.25. The number of fused-ring (bicyclic) bond motifs is 2. The molecule has 8 heteroatoms. The summed E-state index contributed by atoms with van der Waals surface area (Å²) in [6, 6.07) is 1.43. The molecule has 0 unspecified atom stereocenters. The first-order valence-electron chi connectivity index (χ1n) is 7.80. The maximum absolute atomic E-state index is 12.6. The lowest BCUT2D eigenvalue weighted by Crippen LogP contribution is -2.37. The molecule has 1 saturated heterocycles. The molecular weight excluding hydrogens is 304 g/mol. The van der Waals surface area contributed by atoms with E-state index in [0.29, 0.717) is 24.9 Å². The molecular formula is C14H20N4O3S. The highest BCUT2D eigenvalue weighted by Crippen LogP contribution is 2.38. The van der Waals surface area contributed by atoms with Gasteiger partial charge in [0.15, 0.2) is 10.7 Å². The normalized spacial score (nSPS) is 30.3. The molecule has 0 spiro atoms. The first kappa shape index (κ1) is 14.2. The maximum Gasteiger partial charge on any atom is 0.274 e. The summed E-state index contributed by atoms with van der Waals surface area (Å²) < 4.78 is 27.3. The number of sulfonamides is 1. The molecule has 1 amide bonds. The van der Waals surface area contributed by atoms with Crippen LogP contribution in [-0.4, -0.2) is 60.0 Å². The zero-order chi connectivity index (χ0) is 15.5. The zero-order valence-electron chi connectivity index (χ0n) is 12.6. The van der Waals surface area contributed by atoms with E-state index < -0.39 is 10.0 Å². The second-order valence-corrected chi connectivity index (χ2v) is 8.57. The lowest BCUT2D eigenvalue weighted by molar-refractivity contribution is 0.0773. The van der Waals surface area contributed by atoms with Gasteiger partial charge >= 0.3 is 0 Å². The Kier molecular flexibility index (Phi) is 3.09. The van der Waals surface area contributed by atoms with E-state index in [-0.39, 0.29) is 16.6 Å². The van der Waals surface area contributed by atoms with E-state index in [2.05, 4.69) is 5.10 Å². The number of rotatable bonds is 1. The fourth-order valence-electron chi connectivity index (χ4n) is 3.95. The van der Waals surface area contributed by atoms with E-state index in [1.165, 1.54) is 34.3 Å². The van der Waals surface area contributed by atoms with Crippen LogP contribution in [0.15, 0.2) is 11.1 Å². The Morgan fingerprint density at radius 1 is 1.23 bits per heavy atom. The second kappa shape index (κ2) is 4.79. The summed E-state index contributed by atoms with van der Waals surface area (Å²) in [5.41, 5.74) is 0.258. The molecule has 0 bridgehead atoms. The van der Waals surface area contributed by atoms with Crippen LogP contribution in [0.4, 0.5) is 0 Å². The minimum atomic E-state index is -3.51. The highest BCUT2D eigenvalue weighted by Gasteiger charge is 2.39. The molecule has 0 radical (unpaired) electrons. The van der Waals surface area contributed by atoms with Crippen molar-refractivity contribution in [2.24, 2.45) is 11.8 Å². The maximum atomic E-state index is 12.6. The molecule has 3 heterocycles. The lowest BCUT2D eigenvalue weighted by Gasteiger charge is -2.22. The van der Waals surface area contributed by atoms with E-state index in [9.17, 15) is 13.2 Å². The summed E-state index contributed by atoms with van der Waals surface area (Å²) in [6.07, 6.45) is 3.67. The molecule has 0 aromatic carbocycles. The molecule has 1 aromatic rings. The SMILES string of the molecule is CN1CCn2nc(C(=O)N3C[C@H]4CCC[C@H]4C3)cc2S1(=O)=O. The van der Waals surface area contributed by atoms with Gasteiger partial charge in [0.2, 0.25) is 0 Å². The van der Waals surface area contributed by atoms with Gasteiger partial charge in [0.25, 0.3) is 15.9 Å². The Morgan fingerprint density at radius 2 is 1.91 bits per heavy atom. The van der Waals surface area contributed by atoms with Crippen LogP contribution in [-0.2, 0) is 16.6 Å². The van der Waals surface area contributed by atoms with E-state index in [4.69, 9.17) is 0 Å². The van der Waals surface area contributed by atoms with Gasteiger partial charge in [-0.2, -0.15) is 9.40 Å². The summed E-state index contributed by atoms with van der Waals surface area (Å²) in [4.78, 5) is 14.5. The summed E-state index contributed by atoms with van der Waals surface area (Å²) in [7, 11) is -1.96. The van der Waals surface area contributed by atoms with Crippen molar-refractivity contribution in [1.82, 2.24) is 19.0 Å². The molecule has 22 heavy (non-hydrogen) atoms. The van der Waals surface area contributed by atoms with Crippen molar-refractivity contribution in [2.75, 3.05) is 26.7 Å². The largest absolute Gasteiger partial charge is 0.337 e. The molecule has 7 nitrogen and oxygen atoms in total. The Labute approximate surface area is 129 Å². The Balaban J connectivity index is 1.61. The van der Waals surface area contributed by atoms with Gasteiger partial charge in [-0.3, -0.25) is 9.48 Å². The zero-order valence-corrected chi connectivity index (χ0v) is 13.4. The molecule has 1 aliphatic carbocycles. The monoisotopic (exact) mass is 324 g/mol. The standard InChI is InChI=1S/C14H20N4O3S/c1-16-5-6-18-13(22(16,20)21)7-12(15-18)14(19)17-8-10-3-2-4-11(10)9-17/h7,10-11H,2-6,8-9H2,1H3/t10-,11+. The second-order valence-electron chi connectivity index (χ2n) is 6.58. The predicted octanol–water partition coefficient (Wildman–Crippen LogP) is 0.389. The third-order valence-electron chi connectivity index (χ3n) is 5.28. The Hall–Kier alpha value is -1.41. The van der Waals surface area contributed by atoms with Gasteiger partial charge in [0.05, 0.1) is 6.54 Å². The highest BCUT2D eigenvalue weighted by molar-refractivity contribution is 7.89. The number of aromatic nitrogens is 2. The van der Waals surface area contributed by atoms with E-state index in [1.54, 1.807) is 7.05 Å². The van der Waals surface area contributed by atoms with Crippen molar-refractivity contribution in [3.8, 4) is 0 Å². The number of hydrogen-bond acceptors (Lipinski definition) is 4.